The maximum atomic E-state index is 15.1. The summed E-state index contributed by atoms with van der Waals surface area (Å²) in [4.78, 5) is 77.9. The number of esters is 1. The third-order valence-electron chi connectivity index (χ3n) is 12.2. The molecule has 3 aromatic carbocycles. The van der Waals surface area contributed by atoms with Crippen molar-refractivity contribution in [3.05, 3.63) is 113 Å². The zero-order chi connectivity index (χ0) is 52.5. The van der Waals surface area contributed by atoms with Crippen molar-refractivity contribution >= 4 is 43.1 Å². The van der Waals surface area contributed by atoms with Gasteiger partial charge in [-0.15, -0.1) is 4.76 Å². The van der Waals surface area contributed by atoms with Gasteiger partial charge in [0, 0.05) is 69.1 Å². The van der Waals surface area contributed by atoms with E-state index < -0.39 is 86.2 Å². The Morgan fingerprint density at radius 3 is 2.23 bits per heavy atom. The molecule has 24 nitrogen and oxygen atoms in total. The number of carbonyl (C=O) groups excluding carboxylic acids is 3. The molecule has 2 aliphatic rings. The molecule has 0 bridgehead atoms. The molecule has 1 amide bonds. The van der Waals surface area contributed by atoms with Crippen molar-refractivity contribution in [2.75, 3.05) is 69.3 Å². The Balaban J connectivity index is 0.844. The molecule has 5 N–H and O–H groups in total. The predicted molar refractivity (Wildman–Crippen MR) is 258 cm³/mol. The molecule has 0 spiro atoms. The fourth-order valence-corrected chi connectivity index (χ4v) is 9.02. The van der Waals surface area contributed by atoms with Gasteiger partial charge in [-0.2, -0.15) is 10.2 Å². The van der Waals surface area contributed by atoms with E-state index in [0.29, 0.717) is 37.5 Å². The van der Waals surface area contributed by atoms with Crippen molar-refractivity contribution in [1.29, 1.82) is 0 Å². The number of nitrogens with two attached hydrogens (primary N) is 1. The Bertz CT molecular complexity index is 2820. The van der Waals surface area contributed by atoms with Gasteiger partial charge in [0.2, 0.25) is 18.2 Å². The highest BCUT2D eigenvalue weighted by molar-refractivity contribution is 7.50. The highest BCUT2D eigenvalue weighted by atomic mass is 31.2. The first-order chi connectivity index (χ1) is 34.8. The number of carbonyl (C=O) groups is 3. The van der Waals surface area contributed by atoms with E-state index in [2.05, 4.69) is 35.1 Å². The summed E-state index contributed by atoms with van der Waals surface area (Å²) < 4.78 is 74.9. The number of nitrogens with zero attached hydrogens (tertiary/aromatic N) is 10. The first kappa shape index (κ1) is 53.4. The summed E-state index contributed by atoms with van der Waals surface area (Å²) in [5.74, 6) is -3.05. The summed E-state index contributed by atoms with van der Waals surface area (Å²) in [6.45, 7) is 7.37. The molecule has 7 rings (SSSR count). The number of benzene rings is 3. The summed E-state index contributed by atoms with van der Waals surface area (Å²) in [5.41, 5.74) is 6.78. The lowest BCUT2D eigenvalue weighted by molar-refractivity contribution is -0.168. The Kier molecular flexibility index (Phi) is 17.1. The molecule has 0 aliphatic carbocycles. The van der Waals surface area contributed by atoms with Crippen molar-refractivity contribution in [3.8, 4) is 11.4 Å². The lowest BCUT2D eigenvalue weighted by Gasteiger charge is -2.37. The molecule has 0 radical (unpaired) electrons. The first-order valence-electron chi connectivity index (χ1n) is 23.2. The predicted octanol–water partition coefficient (Wildman–Crippen LogP) is 3.08. The number of hydrogen-bond acceptors (Lipinski definition) is 15. The monoisotopic (exact) mass is 1040 g/mol. The number of rotatable bonds is 20. The molecule has 2 aliphatic heterocycles. The number of guanidine groups is 1. The molecular weight excluding hydrogens is 982 g/mol. The maximum Gasteiger partial charge on any atom is 0.511 e. The number of hydrogen-bond donors (Lipinski definition) is 4. The molecule has 1 unspecified atom stereocenters. The van der Waals surface area contributed by atoms with Crippen molar-refractivity contribution in [2.24, 2.45) is 16.4 Å². The largest absolute Gasteiger partial charge is 0.511 e. The standard InChI is InChI=1S/C46H57F2N12O12P/c1-5-40(30(2)70-45(64)72-31(3)71-42(62)22-51-41(61)23-55(4)43(49)54-73(65,66)67)60-44(63)59(29-53-60)36-9-7-34(8-10-36)56-16-18-57(19-17-56)35-11-13-37(14-12-35)68-24-32-21-46(69-25-32,26-58-28-50-27-52-58)38-15-6-33(47)20-39(38)48/h6-15,20,27-32,40H,5,16-19,21-26H2,1-4H3,(H,51,61)(H4,49,54,65,66,67)/t30-,31?,32+,40-,46-/m0/s1. The minimum absolute atomic E-state index is 0.0607. The number of halogens is 2. The molecule has 2 aromatic heterocycles. The van der Waals surface area contributed by atoms with E-state index in [1.165, 1.54) is 54.3 Å². The summed E-state index contributed by atoms with van der Waals surface area (Å²) >= 11 is 0. The van der Waals surface area contributed by atoms with Crippen molar-refractivity contribution < 1.29 is 61.2 Å². The lowest BCUT2D eigenvalue weighted by Crippen LogP contribution is -2.46. The number of likely N-dealkylation sites (N-methyl/N-ethyl adjacent to an activating group) is 1. The van der Waals surface area contributed by atoms with Crippen molar-refractivity contribution in [2.45, 2.75) is 64.2 Å². The van der Waals surface area contributed by atoms with Gasteiger partial charge in [-0.05, 0) is 74.4 Å². The molecule has 392 valence electrons. The zero-order valence-corrected chi connectivity index (χ0v) is 41.3. The topological polar surface area (TPSA) is 286 Å². The second-order valence-corrected chi connectivity index (χ2v) is 18.7. The minimum Gasteiger partial charge on any atom is -0.493 e. The smallest absolute Gasteiger partial charge is 0.493 e. The number of aromatic nitrogens is 6. The molecule has 73 heavy (non-hydrogen) atoms. The quantitative estimate of drug-likeness (QED) is 0.0286. The number of piperazine rings is 1. The van der Waals surface area contributed by atoms with Gasteiger partial charge in [-0.25, -0.2) is 41.8 Å². The van der Waals surface area contributed by atoms with Gasteiger partial charge in [0.25, 0.3) is 0 Å². The zero-order valence-electron chi connectivity index (χ0n) is 40.4. The molecular formula is C46H57F2N12O12P. The fourth-order valence-electron chi connectivity index (χ4n) is 8.60. The normalized spacial score (nSPS) is 18.4. The van der Waals surface area contributed by atoms with Crippen LogP contribution in [0.3, 0.4) is 0 Å². The summed E-state index contributed by atoms with van der Waals surface area (Å²) in [6.07, 6.45) is 1.58. The Labute approximate surface area is 417 Å². The molecule has 0 saturated carbocycles. The van der Waals surface area contributed by atoms with E-state index in [4.69, 9.17) is 39.2 Å². The van der Waals surface area contributed by atoms with Crippen LogP contribution in [0.2, 0.25) is 0 Å². The van der Waals surface area contributed by atoms with E-state index in [1.54, 1.807) is 18.5 Å². The van der Waals surface area contributed by atoms with Gasteiger partial charge in [-0.1, -0.05) is 13.0 Å². The van der Waals surface area contributed by atoms with Gasteiger partial charge in [0.15, 0.2) is 0 Å². The van der Waals surface area contributed by atoms with E-state index in [9.17, 15) is 28.1 Å². The van der Waals surface area contributed by atoms with Crippen LogP contribution in [-0.2, 0) is 45.2 Å². The number of amides is 1. The molecule has 4 heterocycles. The first-order valence-corrected chi connectivity index (χ1v) is 24.7. The van der Waals surface area contributed by atoms with Crippen LogP contribution in [-0.4, -0.2) is 140 Å². The van der Waals surface area contributed by atoms with Gasteiger partial charge >= 0.3 is 25.6 Å². The lowest BCUT2D eigenvalue weighted by atomic mass is 9.87. The average Bonchev–Trinajstić information content (AvgIpc) is 4.11. The Morgan fingerprint density at radius 2 is 1.62 bits per heavy atom. The van der Waals surface area contributed by atoms with Crippen LogP contribution in [0.4, 0.5) is 25.0 Å². The van der Waals surface area contributed by atoms with Gasteiger partial charge < -0.3 is 59.2 Å². The average molecular weight is 1040 g/mol. The second kappa shape index (κ2) is 23.4. The van der Waals surface area contributed by atoms with Crippen LogP contribution >= 0.6 is 7.75 Å². The maximum absolute atomic E-state index is 15.1. The Hall–Kier alpha value is -7.41. The number of ether oxygens (including phenoxy) is 5. The molecule has 2 saturated heterocycles. The van der Waals surface area contributed by atoms with E-state index >= 15 is 4.39 Å². The fraction of sp³-hybridized carbons (Fsp3) is 0.435. The number of nitrogens with one attached hydrogen (secondary N) is 1. The van der Waals surface area contributed by atoms with Crippen LogP contribution in [0.15, 0.2) is 95.3 Å². The minimum atomic E-state index is -4.82. The summed E-state index contributed by atoms with van der Waals surface area (Å²) in [6, 6.07) is 18.2. The number of anilines is 2. The molecule has 5 aromatic rings. The second-order valence-electron chi connectivity index (χ2n) is 17.4. The SMILES string of the molecule is CC[C@@H]([C@H](C)OC(=O)OC(C)OC(=O)CNC(=O)CN(C)C(N)=NP(=O)(O)O)n1ncn(-c2ccc(N3CCN(c4ccc(OC[C@@H]5CO[C@@](Cn6cncn6)(c6ccc(F)cc6F)C5)cc4)CC3)cc2)c1=O. The molecule has 2 fully saturated rings. The molecule has 27 heteroatoms. The van der Waals surface area contributed by atoms with Gasteiger partial charge in [0.1, 0.15) is 54.6 Å². The van der Waals surface area contributed by atoms with E-state index in [1.807, 2.05) is 48.5 Å². The van der Waals surface area contributed by atoms with Crippen LogP contribution in [0, 0.1) is 17.6 Å². The van der Waals surface area contributed by atoms with E-state index in [0.717, 1.165) is 48.5 Å². The Morgan fingerprint density at radius 1 is 0.959 bits per heavy atom. The van der Waals surface area contributed by atoms with Gasteiger partial charge in [-0.3, -0.25) is 9.59 Å². The summed E-state index contributed by atoms with van der Waals surface area (Å²) in [7, 11) is -3.57. The highest BCUT2D eigenvalue weighted by Gasteiger charge is 2.45. The van der Waals surface area contributed by atoms with Crippen LogP contribution in [0.1, 0.15) is 45.2 Å². The third kappa shape index (κ3) is 14.0. The third-order valence-corrected chi connectivity index (χ3v) is 12.7. The van der Waals surface area contributed by atoms with Gasteiger partial charge in [0.05, 0.1) is 38.0 Å². The van der Waals surface area contributed by atoms with Crippen molar-refractivity contribution in [1.82, 2.24) is 39.3 Å². The highest BCUT2D eigenvalue weighted by Crippen LogP contribution is 2.42. The summed E-state index contributed by atoms with van der Waals surface area (Å²) in [5, 5.41) is 10.7. The molecule has 5 atom stereocenters. The van der Waals surface area contributed by atoms with Crippen LogP contribution in [0.25, 0.3) is 5.69 Å². The van der Waals surface area contributed by atoms with Crippen LogP contribution in [0.5, 0.6) is 5.75 Å². The van der Waals surface area contributed by atoms with Crippen molar-refractivity contribution in [3.63, 3.8) is 0 Å². The van der Waals surface area contributed by atoms with Crippen LogP contribution < -0.4 is 31.3 Å². The van der Waals surface area contributed by atoms with E-state index in [-0.39, 0.29) is 18.0 Å².